The second-order valence-corrected chi connectivity index (χ2v) is 6.62. The molecule has 0 spiro atoms. The molecule has 0 amide bonds. The average molecular weight is 317 g/mol. The molecule has 7 nitrogen and oxygen atoms in total. The number of halogens is 1. The predicted molar refractivity (Wildman–Crippen MR) is 67.6 cm³/mol. The van der Waals surface area contributed by atoms with E-state index in [1.807, 2.05) is 4.72 Å². The number of rotatable bonds is 4. The molecule has 2 aromatic rings. The van der Waals surface area contributed by atoms with E-state index in [-0.39, 0.29) is 5.95 Å². The molecule has 1 N–H and O–H groups in total. The Bertz CT molecular complexity index is 823. The Morgan fingerprint density at radius 1 is 0.950 bits per heavy atom. The fourth-order valence-electron chi connectivity index (χ4n) is 1.32. The van der Waals surface area contributed by atoms with Crippen LogP contribution in [0.1, 0.15) is 0 Å². The Labute approximate surface area is 114 Å². The smallest absolute Gasteiger partial charge is 0.247 e. The normalized spacial score (nSPS) is 12.1. The molecular weight excluding hydrogens is 309 g/mol. The Balaban J connectivity index is 2.40. The summed E-state index contributed by atoms with van der Waals surface area (Å²) in [6, 6.07) is 5.40. The summed E-state index contributed by atoms with van der Waals surface area (Å²) in [5, 5.41) is 0. The van der Waals surface area contributed by atoms with Crippen molar-refractivity contribution in [2.75, 3.05) is 4.72 Å². The molecule has 0 saturated heterocycles. The monoisotopic (exact) mass is 317 g/mol. The highest BCUT2D eigenvalue weighted by molar-refractivity contribution is 7.92. The van der Waals surface area contributed by atoms with Crippen molar-refractivity contribution in [3.8, 4) is 0 Å². The largest absolute Gasteiger partial charge is 0.332 e. The van der Waals surface area contributed by atoms with Gasteiger partial charge in [-0.3, -0.25) is 0 Å². The van der Waals surface area contributed by atoms with Crippen molar-refractivity contribution in [2.45, 2.75) is 9.79 Å². The van der Waals surface area contributed by atoms with E-state index in [9.17, 15) is 20.7 Å². The molecule has 0 atom stereocenters. The van der Waals surface area contributed by atoms with E-state index in [0.717, 1.165) is 18.2 Å². The first-order valence-corrected chi connectivity index (χ1v) is 8.00. The maximum absolute atomic E-state index is 12.8. The second kappa shape index (κ2) is 5.13. The number of sulfonamides is 1. The molecule has 106 valence electrons. The molecule has 0 radical (unpaired) electrons. The third-order valence-corrected chi connectivity index (χ3v) is 4.33. The fourth-order valence-corrected chi connectivity index (χ4v) is 2.91. The highest BCUT2D eigenvalue weighted by Crippen LogP contribution is 2.18. The van der Waals surface area contributed by atoms with Crippen molar-refractivity contribution in [1.29, 1.82) is 0 Å². The van der Waals surface area contributed by atoms with Crippen LogP contribution in [0.15, 0.2) is 52.5 Å². The number of hydrogen-bond acceptors (Lipinski definition) is 6. The topological polar surface area (TPSA) is 106 Å². The van der Waals surface area contributed by atoms with Gasteiger partial charge >= 0.3 is 10.2 Å². The predicted octanol–water partition coefficient (Wildman–Crippen LogP) is 0.936. The molecule has 0 aliphatic carbocycles. The van der Waals surface area contributed by atoms with E-state index in [0.29, 0.717) is 6.07 Å². The molecule has 0 fully saturated rings. The van der Waals surface area contributed by atoms with Gasteiger partial charge in [-0.25, -0.2) is 23.1 Å². The number of hydrogen-bond donors (Lipinski definition) is 1. The molecule has 0 aliphatic rings. The standard InChI is InChI=1S/C10H8FN3O4S2/c11-19(15,16)8-3-1-4-9(7-8)20(17,18)14-10-12-5-2-6-13-10/h1-7H,(H,12,13,14). The van der Waals surface area contributed by atoms with E-state index < -0.39 is 30.0 Å². The molecule has 0 saturated carbocycles. The number of aromatic nitrogens is 2. The minimum Gasteiger partial charge on any atom is -0.247 e. The van der Waals surface area contributed by atoms with Crippen LogP contribution < -0.4 is 4.72 Å². The zero-order chi connectivity index (χ0) is 14.8. The van der Waals surface area contributed by atoms with Gasteiger partial charge in [-0.15, -0.1) is 3.89 Å². The van der Waals surface area contributed by atoms with Gasteiger partial charge < -0.3 is 0 Å². The summed E-state index contributed by atoms with van der Waals surface area (Å²) < 4.78 is 60.4. The molecule has 0 bridgehead atoms. The van der Waals surface area contributed by atoms with Gasteiger partial charge in [-0.1, -0.05) is 6.07 Å². The average Bonchev–Trinajstić information content (AvgIpc) is 2.38. The molecule has 0 aliphatic heterocycles. The van der Waals surface area contributed by atoms with Gasteiger partial charge in [0, 0.05) is 12.4 Å². The number of nitrogens with one attached hydrogen (secondary N) is 1. The molecule has 2 rings (SSSR count). The lowest BCUT2D eigenvalue weighted by molar-refractivity contribution is 0.552. The zero-order valence-electron chi connectivity index (χ0n) is 9.76. The van der Waals surface area contributed by atoms with Gasteiger partial charge in [0.25, 0.3) is 10.0 Å². The lowest BCUT2D eigenvalue weighted by Crippen LogP contribution is -2.15. The van der Waals surface area contributed by atoms with Crippen LogP contribution >= 0.6 is 0 Å². The van der Waals surface area contributed by atoms with Crippen LogP contribution in [0.25, 0.3) is 0 Å². The van der Waals surface area contributed by atoms with Crippen LogP contribution in [0.3, 0.4) is 0 Å². The summed E-state index contributed by atoms with van der Waals surface area (Å²) in [7, 11) is -9.08. The van der Waals surface area contributed by atoms with Crippen LogP contribution in [0.2, 0.25) is 0 Å². The summed E-state index contributed by atoms with van der Waals surface area (Å²) in [4.78, 5) is 6.18. The van der Waals surface area contributed by atoms with Gasteiger partial charge in [0.1, 0.15) is 0 Å². The molecule has 20 heavy (non-hydrogen) atoms. The van der Waals surface area contributed by atoms with Gasteiger partial charge in [-0.2, -0.15) is 8.42 Å². The maximum Gasteiger partial charge on any atom is 0.332 e. The van der Waals surface area contributed by atoms with Crippen molar-refractivity contribution in [1.82, 2.24) is 9.97 Å². The summed E-state index contributed by atoms with van der Waals surface area (Å²) >= 11 is 0. The van der Waals surface area contributed by atoms with E-state index in [1.165, 1.54) is 18.5 Å². The minimum absolute atomic E-state index is 0.180. The van der Waals surface area contributed by atoms with E-state index in [2.05, 4.69) is 9.97 Å². The first-order valence-electron chi connectivity index (χ1n) is 5.13. The lowest BCUT2D eigenvalue weighted by atomic mass is 10.4. The molecule has 1 heterocycles. The fraction of sp³-hybridized carbons (Fsp3) is 0. The molecule has 10 heteroatoms. The van der Waals surface area contributed by atoms with Crippen molar-refractivity contribution >= 4 is 26.2 Å². The van der Waals surface area contributed by atoms with Crippen LogP contribution in [0.5, 0.6) is 0 Å². The quantitative estimate of drug-likeness (QED) is 0.841. The second-order valence-electron chi connectivity index (χ2n) is 3.59. The van der Waals surface area contributed by atoms with Gasteiger partial charge in [0.05, 0.1) is 9.79 Å². The van der Waals surface area contributed by atoms with Crippen LogP contribution in [0, 0.1) is 0 Å². The zero-order valence-corrected chi connectivity index (χ0v) is 11.4. The summed E-state index contributed by atoms with van der Waals surface area (Å²) in [6.07, 6.45) is 2.65. The van der Waals surface area contributed by atoms with Crippen molar-refractivity contribution < 1.29 is 20.7 Å². The van der Waals surface area contributed by atoms with Crippen LogP contribution in [-0.4, -0.2) is 26.8 Å². The van der Waals surface area contributed by atoms with E-state index in [1.54, 1.807) is 0 Å². The Morgan fingerprint density at radius 3 is 2.15 bits per heavy atom. The first kappa shape index (κ1) is 14.3. The van der Waals surface area contributed by atoms with Crippen LogP contribution in [0.4, 0.5) is 9.83 Å². The third kappa shape index (κ3) is 3.27. The Kier molecular flexibility index (Phi) is 3.68. The summed E-state index contributed by atoms with van der Waals surface area (Å²) in [5.41, 5.74) is 0. The Morgan fingerprint density at radius 2 is 1.55 bits per heavy atom. The first-order chi connectivity index (χ1) is 9.29. The third-order valence-electron chi connectivity index (χ3n) is 2.19. The van der Waals surface area contributed by atoms with Gasteiger partial charge in [-0.05, 0) is 24.3 Å². The van der Waals surface area contributed by atoms with E-state index >= 15 is 0 Å². The molecule has 0 unspecified atom stereocenters. The lowest BCUT2D eigenvalue weighted by Gasteiger charge is -2.06. The van der Waals surface area contributed by atoms with Gasteiger partial charge in [0.15, 0.2) is 0 Å². The molecule has 1 aromatic heterocycles. The summed E-state index contributed by atoms with van der Waals surface area (Å²) in [5.74, 6) is -0.180. The van der Waals surface area contributed by atoms with Crippen molar-refractivity contribution in [3.05, 3.63) is 42.7 Å². The Hall–Kier alpha value is -2.07. The van der Waals surface area contributed by atoms with E-state index in [4.69, 9.17) is 0 Å². The summed E-state index contributed by atoms with van der Waals surface area (Å²) in [6.45, 7) is 0. The SMILES string of the molecule is O=S(=O)(F)c1cccc(S(=O)(=O)Nc2ncccn2)c1. The highest BCUT2D eigenvalue weighted by atomic mass is 32.3. The van der Waals surface area contributed by atoms with Crippen molar-refractivity contribution in [2.24, 2.45) is 0 Å². The number of benzene rings is 1. The van der Waals surface area contributed by atoms with Crippen molar-refractivity contribution in [3.63, 3.8) is 0 Å². The minimum atomic E-state index is -4.98. The molecular formula is C10H8FN3O4S2. The van der Waals surface area contributed by atoms with Gasteiger partial charge in [0.2, 0.25) is 5.95 Å². The number of nitrogens with zero attached hydrogens (tertiary/aromatic N) is 2. The molecule has 1 aromatic carbocycles. The highest BCUT2D eigenvalue weighted by Gasteiger charge is 2.19. The maximum atomic E-state index is 12.8. The number of anilines is 1. The van der Waals surface area contributed by atoms with Crippen LogP contribution in [-0.2, 0) is 20.2 Å².